The molecular formula is C20H27N3O2S. The molecule has 1 aromatic carbocycles. The summed E-state index contributed by atoms with van der Waals surface area (Å²) in [6.07, 6.45) is 3.47. The molecule has 1 aromatic heterocycles. The average molecular weight is 374 g/mol. The number of carbonyl (C=O) groups excluding carboxylic acids is 1. The van der Waals surface area contributed by atoms with E-state index in [-0.39, 0.29) is 11.3 Å². The zero-order chi connectivity index (χ0) is 18.5. The molecule has 0 unspecified atom stereocenters. The van der Waals surface area contributed by atoms with Crippen LogP contribution in [0.15, 0.2) is 23.4 Å². The molecule has 1 aliphatic carbocycles. The van der Waals surface area contributed by atoms with Crippen LogP contribution in [0.1, 0.15) is 40.0 Å². The molecule has 1 saturated heterocycles. The number of benzene rings is 1. The number of hydrogen-bond acceptors (Lipinski definition) is 4. The van der Waals surface area contributed by atoms with Crippen LogP contribution < -0.4 is 4.74 Å². The Kier molecular flexibility index (Phi) is 4.21. The van der Waals surface area contributed by atoms with E-state index in [1.54, 1.807) is 7.11 Å². The maximum Gasteiger partial charge on any atom is 0.233 e. The number of likely N-dealkylation sites (tertiary alicyclic amines) is 1. The van der Waals surface area contributed by atoms with Crippen molar-refractivity contribution >= 4 is 28.7 Å². The highest BCUT2D eigenvalue weighted by molar-refractivity contribution is 7.99. The zero-order valence-electron chi connectivity index (χ0n) is 16.0. The Morgan fingerprint density at radius 3 is 2.96 bits per heavy atom. The summed E-state index contributed by atoms with van der Waals surface area (Å²) in [5.41, 5.74) is 2.44. The van der Waals surface area contributed by atoms with Crippen LogP contribution in [0, 0.1) is 10.8 Å². The van der Waals surface area contributed by atoms with Crippen LogP contribution in [0.5, 0.6) is 5.75 Å². The molecular weight excluding hydrogens is 346 g/mol. The first-order chi connectivity index (χ1) is 12.3. The van der Waals surface area contributed by atoms with E-state index in [0.29, 0.717) is 17.2 Å². The lowest BCUT2D eigenvalue weighted by Gasteiger charge is -2.39. The summed E-state index contributed by atoms with van der Waals surface area (Å²) in [7, 11) is 1.65. The molecule has 0 radical (unpaired) electrons. The standard InChI is InChI=1S/C20H27N3O2S/c1-19(2)8-13-9-20(3,11-19)12-23(13)17(24)10-26-18-21-15-6-5-14(25-4)7-16(15)22-18/h5-7,13H,8-12H2,1-4H3,(H,21,22)/t13-,20-/m1/s1. The van der Waals surface area contributed by atoms with Gasteiger partial charge in [0.05, 0.1) is 23.9 Å². The minimum absolute atomic E-state index is 0.236. The predicted molar refractivity (Wildman–Crippen MR) is 105 cm³/mol. The Balaban J connectivity index is 1.43. The molecule has 6 heteroatoms. The molecule has 2 fully saturated rings. The molecule has 2 aliphatic rings. The highest BCUT2D eigenvalue weighted by Gasteiger charge is 2.50. The number of methoxy groups -OCH3 is 1. The van der Waals surface area contributed by atoms with E-state index in [9.17, 15) is 4.79 Å². The van der Waals surface area contributed by atoms with Crippen LogP contribution in [-0.4, -0.2) is 46.2 Å². The largest absolute Gasteiger partial charge is 0.497 e. The maximum atomic E-state index is 12.9. The summed E-state index contributed by atoms with van der Waals surface area (Å²) in [6, 6.07) is 6.16. The van der Waals surface area contributed by atoms with Gasteiger partial charge < -0.3 is 14.6 Å². The molecule has 1 saturated carbocycles. The van der Waals surface area contributed by atoms with E-state index in [1.807, 2.05) is 18.2 Å². The van der Waals surface area contributed by atoms with Crippen LogP contribution in [0.3, 0.4) is 0 Å². The first-order valence-electron chi connectivity index (χ1n) is 9.23. The fourth-order valence-electron chi connectivity index (χ4n) is 5.13. The molecule has 140 valence electrons. The fraction of sp³-hybridized carbons (Fsp3) is 0.600. The molecule has 0 spiro atoms. The van der Waals surface area contributed by atoms with Gasteiger partial charge >= 0.3 is 0 Å². The van der Waals surface area contributed by atoms with Crippen molar-refractivity contribution in [3.05, 3.63) is 18.2 Å². The maximum absolute atomic E-state index is 12.9. The van der Waals surface area contributed by atoms with E-state index < -0.39 is 0 Å². The van der Waals surface area contributed by atoms with Crippen LogP contribution in [0.2, 0.25) is 0 Å². The fourth-order valence-corrected chi connectivity index (χ4v) is 5.90. The lowest BCUT2D eigenvalue weighted by molar-refractivity contribution is -0.129. The van der Waals surface area contributed by atoms with E-state index in [2.05, 4.69) is 35.6 Å². The number of imidazole rings is 1. The first kappa shape index (κ1) is 17.7. The van der Waals surface area contributed by atoms with Crippen molar-refractivity contribution in [1.82, 2.24) is 14.9 Å². The smallest absolute Gasteiger partial charge is 0.233 e. The van der Waals surface area contributed by atoms with Crippen LogP contribution in [0.4, 0.5) is 0 Å². The molecule has 2 atom stereocenters. The van der Waals surface area contributed by atoms with Crippen molar-refractivity contribution < 1.29 is 9.53 Å². The topological polar surface area (TPSA) is 58.2 Å². The molecule has 1 N–H and O–H groups in total. The van der Waals surface area contributed by atoms with Gasteiger partial charge in [-0.2, -0.15) is 0 Å². The van der Waals surface area contributed by atoms with Crippen molar-refractivity contribution in [2.45, 2.75) is 51.2 Å². The Hall–Kier alpha value is -1.69. The molecule has 2 aromatic rings. The van der Waals surface area contributed by atoms with Gasteiger partial charge in [-0.3, -0.25) is 4.79 Å². The lowest BCUT2D eigenvalue weighted by atomic mass is 9.65. The van der Waals surface area contributed by atoms with Gasteiger partial charge in [-0.15, -0.1) is 0 Å². The van der Waals surface area contributed by atoms with Gasteiger partial charge in [0.2, 0.25) is 5.91 Å². The molecule has 5 nitrogen and oxygen atoms in total. The highest BCUT2D eigenvalue weighted by atomic mass is 32.2. The van der Waals surface area contributed by atoms with E-state index in [1.165, 1.54) is 18.2 Å². The number of nitrogens with zero attached hydrogens (tertiary/aromatic N) is 2. The van der Waals surface area contributed by atoms with Gasteiger partial charge in [0.25, 0.3) is 0 Å². The SMILES string of the molecule is COc1ccc2nc(SCC(=O)N3C[C@]4(C)C[C@H]3CC(C)(C)C4)[nH]c2c1. The monoisotopic (exact) mass is 373 g/mol. The lowest BCUT2D eigenvalue weighted by Crippen LogP contribution is -2.38. The molecule has 2 bridgehead atoms. The van der Waals surface area contributed by atoms with Crippen molar-refractivity contribution in [1.29, 1.82) is 0 Å². The number of amides is 1. The summed E-state index contributed by atoms with van der Waals surface area (Å²) in [4.78, 5) is 22.9. The number of fused-ring (bicyclic) bond motifs is 3. The summed E-state index contributed by atoms with van der Waals surface area (Å²) in [6.45, 7) is 7.91. The minimum Gasteiger partial charge on any atom is -0.497 e. The Morgan fingerprint density at radius 2 is 2.19 bits per heavy atom. The molecule has 1 aliphatic heterocycles. The zero-order valence-corrected chi connectivity index (χ0v) is 16.8. The van der Waals surface area contributed by atoms with E-state index in [0.717, 1.165) is 41.3 Å². The van der Waals surface area contributed by atoms with Crippen LogP contribution in [0.25, 0.3) is 11.0 Å². The van der Waals surface area contributed by atoms with Crippen molar-refractivity contribution in [3.8, 4) is 5.75 Å². The second-order valence-corrected chi connectivity index (χ2v) is 9.91. The first-order valence-corrected chi connectivity index (χ1v) is 10.2. The number of carbonyl (C=O) groups is 1. The third-order valence-corrected chi connectivity index (χ3v) is 6.59. The van der Waals surface area contributed by atoms with Crippen molar-refractivity contribution in [2.75, 3.05) is 19.4 Å². The molecule has 2 heterocycles. The van der Waals surface area contributed by atoms with E-state index in [4.69, 9.17) is 4.74 Å². The van der Waals surface area contributed by atoms with Gasteiger partial charge in [-0.25, -0.2) is 4.98 Å². The summed E-state index contributed by atoms with van der Waals surface area (Å²) in [5.74, 6) is 1.47. The Labute approximate surface area is 158 Å². The van der Waals surface area contributed by atoms with Gasteiger partial charge in [0, 0.05) is 18.7 Å². The number of thioether (sulfide) groups is 1. The molecule has 4 rings (SSSR count). The third kappa shape index (κ3) is 3.31. The Morgan fingerprint density at radius 1 is 1.38 bits per heavy atom. The quantitative estimate of drug-likeness (QED) is 0.820. The van der Waals surface area contributed by atoms with Gasteiger partial charge in [0.1, 0.15) is 5.75 Å². The second kappa shape index (κ2) is 6.19. The molecule has 26 heavy (non-hydrogen) atoms. The average Bonchev–Trinajstić information content (AvgIpc) is 3.08. The summed E-state index contributed by atoms with van der Waals surface area (Å²) < 4.78 is 5.25. The third-order valence-electron chi connectivity index (χ3n) is 5.73. The normalized spacial score (nSPS) is 27.1. The Bertz CT molecular complexity index is 847. The predicted octanol–water partition coefficient (Wildman–Crippen LogP) is 4.09. The van der Waals surface area contributed by atoms with Gasteiger partial charge in [-0.05, 0) is 42.2 Å². The number of H-pyrrole nitrogens is 1. The number of ether oxygens (including phenoxy) is 1. The van der Waals surface area contributed by atoms with Gasteiger partial charge in [0.15, 0.2) is 5.16 Å². The number of aromatic amines is 1. The number of aromatic nitrogens is 2. The number of rotatable bonds is 4. The number of nitrogens with one attached hydrogen (secondary N) is 1. The van der Waals surface area contributed by atoms with Crippen molar-refractivity contribution in [2.24, 2.45) is 10.8 Å². The molecule has 1 amide bonds. The van der Waals surface area contributed by atoms with Gasteiger partial charge in [-0.1, -0.05) is 32.5 Å². The van der Waals surface area contributed by atoms with E-state index >= 15 is 0 Å². The highest BCUT2D eigenvalue weighted by Crippen LogP contribution is 2.52. The van der Waals surface area contributed by atoms with Crippen molar-refractivity contribution in [3.63, 3.8) is 0 Å². The van der Waals surface area contributed by atoms with Crippen LogP contribution in [-0.2, 0) is 4.79 Å². The van der Waals surface area contributed by atoms with Crippen LogP contribution >= 0.6 is 11.8 Å². The minimum atomic E-state index is 0.236. The second-order valence-electron chi connectivity index (χ2n) is 8.95. The number of hydrogen-bond donors (Lipinski definition) is 1. The summed E-state index contributed by atoms with van der Waals surface area (Å²) >= 11 is 1.49. The summed E-state index contributed by atoms with van der Waals surface area (Å²) in [5, 5.41) is 0.787.